The molecule has 0 amide bonds. The fraction of sp³-hybridized carbons (Fsp3) is 0.913. The van der Waals surface area contributed by atoms with Crippen molar-refractivity contribution in [3.63, 3.8) is 0 Å². The molecule has 7 unspecified atom stereocenters. The van der Waals surface area contributed by atoms with Crippen LogP contribution in [0.2, 0.25) is 0 Å². The lowest BCUT2D eigenvalue weighted by molar-refractivity contribution is -0.0910. The molecule has 132 valence electrons. The molecule has 3 saturated carbocycles. The van der Waals surface area contributed by atoms with Crippen LogP contribution in [-0.2, 0) is 0 Å². The summed E-state index contributed by atoms with van der Waals surface area (Å²) >= 11 is 0. The van der Waals surface area contributed by atoms with Gasteiger partial charge >= 0.3 is 0 Å². The maximum absolute atomic E-state index is 4.41. The molecule has 0 bridgehead atoms. The summed E-state index contributed by atoms with van der Waals surface area (Å²) in [6.45, 7) is 16.9. The normalized spacial score (nSPS) is 50.6. The summed E-state index contributed by atoms with van der Waals surface area (Å²) in [5.41, 5.74) is 2.49. The van der Waals surface area contributed by atoms with Crippen LogP contribution in [0.15, 0.2) is 12.2 Å². The Kier molecular flexibility index (Phi) is 4.76. The molecule has 0 spiro atoms. The molecule has 3 rings (SSSR count). The van der Waals surface area contributed by atoms with E-state index in [1.165, 1.54) is 63.4 Å². The van der Waals surface area contributed by atoms with E-state index in [0.717, 1.165) is 29.6 Å². The highest BCUT2D eigenvalue weighted by atomic mass is 14.6. The van der Waals surface area contributed by atoms with Crippen LogP contribution in [0.1, 0.15) is 92.4 Å². The van der Waals surface area contributed by atoms with E-state index in [2.05, 4.69) is 41.2 Å². The second-order valence-electron chi connectivity index (χ2n) is 10.0. The molecular weight excluding hydrogens is 276 g/mol. The van der Waals surface area contributed by atoms with E-state index < -0.39 is 0 Å². The molecule has 0 nitrogen and oxygen atoms in total. The van der Waals surface area contributed by atoms with Crippen molar-refractivity contribution >= 4 is 0 Å². The lowest BCUT2D eigenvalue weighted by Crippen LogP contribution is -2.52. The van der Waals surface area contributed by atoms with E-state index in [9.17, 15) is 0 Å². The molecule has 3 aliphatic rings. The van der Waals surface area contributed by atoms with Crippen LogP contribution in [0.25, 0.3) is 0 Å². The van der Waals surface area contributed by atoms with Crippen molar-refractivity contribution in [3.8, 4) is 0 Å². The third-order valence-corrected chi connectivity index (χ3v) is 9.05. The lowest BCUT2D eigenvalue weighted by Gasteiger charge is -2.60. The standard InChI is InChI=1S/C23H40/c1-7-20-19-11-10-18-9-8-17(4)12-14-23(18,6)21(19)13-15-22(20,5)16(2)3/h17-21H,2,7-15H2,1,3-6H3. The summed E-state index contributed by atoms with van der Waals surface area (Å²) in [6.07, 6.45) is 13.2. The molecule has 3 fully saturated rings. The highest BCUT2D eigenvalue weighted by Gasteiger charge is 2.55. The monoisotopic (exact) mass is 316 g/mol. The van der Waals surface area contributed by atoms with E-state index in [1.807, 2.05) is 0 Å². The van der Waals surface area contributed by atoms with Crippen molar-refractivity contribution < 1.29 is 0 Å². The Labute approximate surface area is 145 Å². The van der Waals surface area contributed by atoms with Gasteiger partial charge in [-0.2, -0.15) is 0 Å². The van der Waals surface area contributed by atoms with Crippen molar-refractivity contribution in [2.75, 3.05) is 0 Å². The van der Waals surface area contributed by atoms with Gasteiger partial charge < -0.3 is 0 Å². The minimum absolute atomic E-state index is 0.400. The van der Waals surface area contributed by atoms with E-state index >= 15 is 0 Å². The van der Waals surface area contributed by atoms with Gasteiger partial charge in [-0.15, -0.1) is 0 Å². The largest absolute Gasteiger partial charge is 0.0996 e. The summed E-state index contributed by atoms with van der Waals surface area (Å²) in [5.74, 6) is 4.80. The Morgan fingerprint density at radius 2 is 1.70 bits per heavy atom. The highest BCUT2D eigenvalue weighted by Crippen LogP contribution is 2.64. The molecule has 0 heteroatoms. The van der Waals surface area contributed by atoms with Crippen molar-refractivity contribution in [1.29, 1.82) is 0 Å². The van der Waals surface area contributed by atoms with Crippen molar-refractivity contribution in [2.45, 2.75) is 92.4 Å². The number of hydrogen-bond donors (Lipinski definition) is 0. The zero-order chi connectivity index (χ0) is 16.8. The Morgan fingerprint density at radius 3 is 2.35 bits per heavy atom. The molecule has 0 aromatic heterocycles. The minimum Gasteiger partial charge on any atom is -0.0996 e. The molecule has 0 heterocycles. The van der Waals surface area contributed by atoms with Gasteiger partial charge in [-0.05, 0) is 85.9 Å². The van der Waals surface area contributed by atoms with E-state index in [4.69, 9.17) is 0 Å². The average molecular weight is 317 g/mol. The van der Waals surface area contributed by atoms with Gasteiger partial charge in [0, 0.05) is 0 Å². The highest BCUT2D eigenvalue weighted by molar-refractivity contribution is 5.14. The molecule has 7 atom stereocenters. The van der Waals surface area contributed by atoms with Crippen LogP contribution in [0.3, 0.4) is 0 Å². The zero-order valence-electron chi connectivity index (χ0n) is 16.5. The van der Waals surface area contributed by atoms with Gasteiger partial charge in [0.05, 0.1) is 0 Å². The fourth-order valence-electron chi connectivity index (χ4n) is 7.19. The number of allylic oxidation sites excluding steroid dienone is 1. The van der Waals surface area contributed by atoms with Crippen LogP contribution in [-0.4, -0.2) is 0 Å². The SMILES string of the molecule is C=C(C)C1(C)CCC2C(CCC3CCC(C)CCC32C)C1CC. The molecule has 0 radical (unpaired) electrons. The van der Waals surface area contributed by atoms with Gasteiger partial charge in [-0.3, -0.25) is 0 Å². The Morgan fingerprint density at radius 1 is 1.00 bits per heavy atom. The Balaban J connectivity index is 1.90. The average Bonchev–Trinajstić information content (AvgIpc) is 2.66. The van der Waals surface area contributed by atoms with Crippen molar-refractivity contribution in [3.05, 3.63) is 12.2 Å². The lowest BCUT2D eigenvalue weighted by atomic mass is 9.45. The topological polar surface area (TPSA) is 0 Å². The first kappa shape index (κ1) is 17.6. The van der Waals surface area contributed by atoms with Gasteiger partial charge in [0.15, 0.2) is 0 Å². The van der Waals surface area contributed by atoms with Gasteiger partial charge in [-0.1, -0.05) is 59.1 Å². The van der Waals surface area contributed by atoms with Crippen LogP contribution in [0.5, 0.6) is 0 Å². The van der Waals surface area contributed by atoms with Crippen LogP contribution < -0.4 is 0 Å². The predicted octanol–water partition coefficient (Wildman–Crippen LogP) is 7.25. The summed E-state index contributed by atoms with van der Waals surface area (Å²) in [6, 6.07) is 0. The van der Waals surface area contributed by atoms with Gasteiger partial charge in [-0.25, -0.2) is 0 Å². The molecule has 0 aromatic carbocycles. The molecule has 0 N–H and O–H groups in total. The summed E-state index contributed by atoms with van der Waals surface area (Å²) in [7, 11) is 0. The first-order valence-electron chi connectivity index (χ1n) is 10.5. The maximum Gasteiger partial charge on any atom is -0.00908 e. The second kappa shape index (κ2) is 6.23. The molecule has 0 aromatic rings. The zero-order valence-corrected chi connectivity index (χ0v) is 16.5. The number of rotatable bonds is 2. The molecule has 0 saturated heterocycles. The first-order chi connectivity index (χ1) is 10.8. The number of hydrogen-bond acceptors (Lipinski definition) is 0. The smallest absolute Gasteiger partial charge is 0.00908 e. The Hall–Kier alpha value is -0.260. The van der Waals surface area contributed by atoms with Crippen molar-refractivity contribution in [2.24, 2.45) is 40.4 Å². The molecule has 3 aliphatic carbocycles. The van der Waals surface area contributed by atoms with Gasteiger partial charge in [0.1, 0.15) is 0 Å². The predicted molar refractivity (Wildman–Crippen MR) is 101 cm³/mol. The van der Waals surface area contributed by atoms with Crippen LogP contribution in [0, 0.1) is 40.4 Å². The summed E-state index contributed by atoms with van der Waals surface area (Å²) in [5, 5.41) is 0. The van der Waals surface area contributed by atoms with E-state index in [-0.39, 0.29) is 0 Å². The fourth-order valence-corrected chi connectivity index (χ4v) is 7.19. The van der Waals surface area contributed by atoms with Crippen molar-refractivity contribution in [1.82, 2.24) is 0 Å². The summed E-state index contributed by atoms with van der Waals surface area (Å²) < 4.78 is 0. The molecule has 0 aliphatic heterocycles. The van der Waals surface area contributed by atoms with Gasteiger partial charge in [0.25, 0.3) is 0 Å². The quantitative estimate of drug-likeness (QED) is 0.471. The first-order valence-corrected chi connectivity index (χ1v) is 10.5. The second-order valence-corrected chi connectivity index (χ2v) is 10.0. The van der Waals surface area contributed by atoms with Gasteiger partial charge in [0.2, 0.25) is 0 Å². The summed E-state index contributed by atoms with van der Waals surface area (Å²) in [4.78, 5) is 0. The van der Waals surface area contributed by atoms with Crippen LogP contribution >= 0.6 is 0 Å². The van der Waals surface area contributed by atoms with Crippen LogP contribution in [0.4, 0.5) is 0 Å². The maximum atomic E-state index is 4.41. The third kappa shape index (κ3) is 2.73. The number of fused-ring (bicyclic) bond motifs is 3. The molecular formula is C23H40. The Bertz CT molecular complexity index is 449. The van der Waals surface area contributed by atoms with E-state index in [1.54, 1.807) is 0 Å². The third-order valence-electron chi connectivity index (χ3n) is 9.05. The van der Waals surface area contributed by atoms with E-state index in [0.29, 0.717) is 10.8 Å². The minimum atomic E-state index is 0.400. The molecule has 23 heavy (non-hydrogen) atoms.